The van der Waals surface area contributed by atoms with E-state index in [1.54, 1.807) is 13.8 Å². The van der Waals surface area contributed by atoms with Crippen LogP contribution in [0.5, 0.6) is 0 Å². The number of allylic oxidation sites excluding steroid dienone is 1. The number of benzene rings is 1. The van der Waals surface area contributed by atoms with E-state index < -0.39 is 11.9 Å². The van der Waals surface area contributed by atoms with Crippen molar-refractivity contribution in [3.8, 4) is 0 Å². The van der Waals surface area contributed by atoms with Crippen molar-refractivity contribution in [1.82, 2.24) is 9.97 Å². The van der Waals surface area contributed by atoms with Crippen LogP contribution in [0.3, 0.4) is 0 Å². The van der Waals surface area contributed by atoms with Gasteiger partial charge in [-0.15, -0.1) is 0 Å². The van der Waals surface area contributed by atoms with Gasteiger partial charge in [-0.2, -0.15) is 0 Å². The molecule has 1 unspecified atom stereocenters. The number of rotatable bonds is 4. The van der Waals surface area contributed by atoms with E-state index in [4.69, 9.17) is 4.74 Å². The number of hydrogen-bond donors (Lipinski definition) is 2. The van der Waals surface area contributed by atoms with Gasteiger partial charge in [0.25, 0.3) is 5.56 Å². The molecule has 1 aromatic heterocycles. The zero-order chi connectivity index (χ0) is 18.8. The van der Waals surface area contributed by atoms with Crippen LogP contribution in [0.4, 0.5) is 5.82 Å². The number of carbonyl (C=O) groups is 1. The minimum atomic E-state index is -0.530. The number of carbonyl (C=O) groups excluding carboxylic acids is 1. The van der Waals surface area contributed by atoms with Gasteiger partial charge in [-0.25, -0.2) is 9.78 Å². The zero-order valence-electron chi connectivity index (χ0n) is 15.2. The molecule has 7 heteroatoms. The second kappa shape index (κ2) is 7.37. The third-order valence-corrected chi connectivity index (χ3v) is 4.90. The predicted octanol–water partition coefficient (Wildman–Crippen LogP) is 3.19. The van der Waals surface area contributed by atoms with Crippen molar-refractivity contribution in [2.75, 3.05) is 18.2 Å². The molecular formula is C19H21N3O3S. The summed E-state index contributed by atoms with van der Waals surface area (Å²) in [6, 6.07) is 7.80. The molecule has 0 bridgehead atoms. The van der Waals surface area contributed by atoms with Crippen LogP contribution in [0.25, 0.3) is 0 Å². The number of aryl methyl sites for hydroxylation is 1. The normalized spacial score (nSPS) is 16.1. The van der Waals surface area contributed by atoms with Gasteiger partial charge in [-0.05, 0) is 32.6 Å². The Bertz CT molecular complexity index is 932. The van der Waals surface area contributed by atoms with Crippen molar-refractivity contribution in [2.24, 2.45) is 0 Å². The first kappa shape index (κ1) is 18.3. The molecule has 136 valence electrons. The fraction of sp³-hybridized carbons (Fsp3) is 0.316. The van der Waals surface area contributed by atoms with E-state index in [-0.39, 0.29) is 12.2 Å². The van der Waals surface area contributed by atoms with Gasteiger partial charge >= 0.3 is 5.97 Å². The fourth-order valence-corrected chi connectivity index (χ4v) is 3.48. The molecule has 3 rings (SSSR count). The summed E-state index contributed by atoms with van der Waals surface area (Å²) in [5, 5.41) is 3.63. The maximum absolute atomic E-state index is 12.8. The molecule has 0 spiro atoms. The van der Waals surface area contributed by atoms with Crippen LogP contribution < -0.4 is 10.9 Å². The van der Waals surface area contributed by atoms with Crippen molar-refractivity contribution in [3.63, 3.8) is 0 Å². The molecule has 2 N–H and O–H groups in total. The highest BCUT2D eigenvalue weighted by atomic mass is 32.2. The van der Waals surface area contributed by atoms with Gasteiger partial charge < -0.3 is 15.0 Å². The summed E-state index contributed by atoms with van der Waals surface area (Å²) in [5.74, 6) is -0.477. The highest BCUT2D eigenvalue weighted by Gasteiger charge is 2.36. The highest BCUT2D eigenvalue weighted by Crippen LogP contribution is 2.40. The first-order valence-electron chi connectivity index (χ1n) is 8.36. The van der Waals surface area contributed by atoms with Gasteiger partial charge in [0, 0.05) is 5.70 Å². The van der Waals surface area contributed by atoms with E-state index in [1.807, 2.05) is 37.4 Å². The van der Waals surface area contributed by atoms with Gasteiger partial charge in [-0.1, -0.05) is 41.6 Å². The van der Waals surface area contributed by atoms with Gasteiger partial charge in [0.15, 0.2) is 5.16 Å². The van der Waals surface area contributed by atoms with E-state index in [2.05, 4.69) is 15.3 Å². The van der Waals surface area contributed by atoms with Gasteiger partial charge in [0.1, 0.15) is 5.82 Å². The van der Waals surface area contributed by atoms with Crippen LogP contribution in [0.15, 0.2) is 45.5 Å². The number of aromatic nitrogens is 2. The molecule has 0 saturated carbocycles. The van der Waals surface area contributed by atoms with Crippen LogP contribution in [-0.2, 0) is 9.53 Å². The van der Waals surface area contributed by atoms with Crippen LogP contribution in [0, 0.1) is 6.92 Å². The van der Waals surface area contributed by atoms with Crippen molar-refractivity contribution < 1.29 is 9.53 Å². The Hall–Kier alpha value is -2.54. The second-order valence-corrected chi connectivity index (χ2v) is 6.86. The molecule has 0 fully saturated rings. The molecule has 2 heterocycles. The first-order valence-corrected chi connectivity index (χ1v) is 9.58. The van der Waals surface area contributed by atoms with Crippen LogP contribution in [0.1, 0.15) is 36.5 Å². The number of fused-ring (bicyclic) bond motifs is 1. The minimum Gasteiger partial charge on any atom is -0.463 e. The number of nitrogens with one attached hydrogen (secondary N) is 2. The van der Waals surface area contributed by atoms with Crippen LogP contribution >= 0.6 is 11.8 Å². The molecule has 0 saturated heterocycles. The molecule has 0 aliphatic carbocycles. The summed E-state index contributed by atoms with van der Waals surface area (Å²) in [7, 11) is 0. The Morgan fingerprint density at radius 1 is 1.27 bits per heavy atom. The summed E-state index contributed by atoms with van der Waals surface area (Å²) in [5.41, 5.74) is 3.21. The van der Waals surface area contributed by atoms with Crippen molar-refractivity contribution in [1.29, 1.82) is 0 Å². The standard InChI is InChI=1S/C19H21N3O3S/c1-5-25-18(24)13-11(3)20-16-15(17(23)22-19(21-16)26-4)14(13)12-8-6-10(2)7-9-12/h6-9,14H,5H2,1-4H3,(H2,20,21,22,23). The first-order chi connectivity index (χ1) is 12.5. The summed E-state index contributed by atoms with van der Waals surface area (Å²) in [6.45, 7) is 5.83. The smallest absolute Gasteiger partial charge is 0.336 e. The average molecular weight is 371 g/mol. The quantitative estimate of drug-likeness (QED) is 0.488. The molecule has 26 heavy (non-hydrogen) atoms. The molecular weight excluding hydrogens is 350 g/mol. The van der Waals surface area contributed by atoms with Crippen molar-refractivity contribution in [3.05, 3.63) is 62.6 Å². The Morgan fingerprint density at radius 2 is 1.96 bits per heavy atom. The van der Waals surface area contributed by atoms with E-state index in [1.165, 1.54) is 11.8 Å². The number of anilines is 1. The minimum absolute atomic E-state index is 0.258. The molecule has 1 aliphatic heterocycles. The second-order valence-electron chi connectivity index (χ2n) is 6.07. The SMILES string of the molecule is CCOC(=O)C1=C(C)Nc2nc(SC)[nH]c(=O)c2C1c1ccc(C)cc1. The molecule has 2 aromatic rings. The van der Waals surface area contributed by atoms with E-state index in [0.717, 1.165) is 11.1 Å². The summed E-state index contributed by atoms with van der Waals surface area (Å²) >= 11 is 1.36. The van der Waals surface area contributed by atoms with Gasteiger partial charge in [0.2, 0.25) is 0 Å². The molecule has 1 aliphatic rings. The topological polar surface area (TPSA) is 84.1 Å². The number of thioether (sulfide) groups is 1. The lowest BCUT2D eigenvalue weighted by atomic mass is 9.82. The molecule has 0 radical (unpaired) electrons. The highest BCUT2D eigenvalue weighted by molar-refractivity contribution is 7.98. The monoisotopic (exact) mass is 371 g/mol. The number of nitrogens with zero attached hydrogens (tertiary/aromatic N) is 1. The maximum atomic E-state index is 12.8. The average Bonchev–Trinajstić information content (AvgIpc) is 2.61. The van der Waals surface area contributed by atoms with Crippen LogP contribution in [0.2, 0.25) is 0 Å². The Balaban J connectivity index is 2.25. The lowest BCUT2D eigenvalue weighted by Gasteiger charge is -2.28. The Kier molecular flexibility index (Phi) is 5.18. The third kappa shape index (κ3) is 3.26. The van der Waals surface area contributed by atoms with Gasteiger partial charge in [-0.3, -0.25) is 4.79 Å². The Labute approximate surface area is 156 Å². The predicted molar refractivity (Wildman–Crippen MR) is 103 cm³/mol. The number of aromatic amines is 1. The largest absolute Gasteiger partial charge is 0.463 e. The van der Waals surface area contributed by atoms with E-state index in [9.17, 15) is 9.59 Å². The Morgan fingerprint density at radius 3 is 2.58 bits per heavy atom. The van der Waals surface area contributed by atoms with Crippen molar-refractivity contribution >= 4 is 23.5 Å². The molecule has 1 aromatic carbocycles. The number of H-pyrrole nitrogens is 1. The lowest BCUT2D eigenvalue weighted by molar-refractivity contribution is -0.138. The van der Waals surface area contributed by atoms with Crippen LogP contribution in [-0.4, -0.2) is 28.8 Å². The summed E-state index contributed by atoms with van der Waals surface area (Å²) in [6.07, 6.45) is 1.84. The summed E-state index contributed by atoms with van der Waals surface area (Å²) in [4.78, 5) is 32.7. The van der Waals surface area contributed by atoms with E-state index >= 15 is 0 Å². The maximum Gasteiger partial charge on any atom is 0.336 e. The third-order valence-electron chi connectivity index (χ3n) is 4.32. The fourth-order valence-electron chi connectivity index (χ4n) is 3.10. The summed E-state index contributed by atoms with van der Waals surface area (Å²) < 4.78 is 5.25. The molecule has 6 nitrogen and oxygen atoms in total. The number of hydrogen-bond acceptors (Lipinski definition) is 6. The lowest BCUT2D eigenvalue weighted by Crippen LogP contribution is -2.31. The number of esters is 1. The zero-order valence-corrected chi connectivity index (χ0v) is 16.0. The molecule has 1 atom stereocenters. The molecule has 0 amide bonds. The number of ether oxygens (including phenoxy) is 1. The van der Waals surface area contributed by atoms with Gasteiger partial charge in [0.05, 0.1) is 23.7 Å². The van der Waals surface area contributed by atoms with E-state index in [0.29, 0.717) is 27.8 Å². The van der Waals surface area contributed by atoms with Crippen molar-refractivity contribution in [2.45, 2.75) is 31.8 Å².